The second-order valence-corrected chi connectivity index (χ2v) is 7.05. The number of benzene rings is 2. The van der Waals surface area contributed by atoms with Crippen LogP contribution in [0.15, 0.2) is 61.2 Å². The molecule has 3 N–H and O–H groups in total. The van der Waals surface area contributed by atoms with Gasteiger partial charge in [-0.15, -0.1) is 35.8 Å². The van der Waals surface area contributed by atoms with Crippen LogP contribution in [0.25, 0.3) is 21.8 Å². The minimum Gasteiger partial charge on any atom is -0.344 e. The maximum atomic E-state index is 5.73. The number of nitrogens with zero attached hydrogens (tertiary/aromatic N) is 2. The summed E-state index contributed by atoms with van der Waals surface area (Å²) in [5, 5.41) is 2.90. The molecule has 0 bridgehead atoms. The first-order chi connectivity index (χ1) is 13.0. The van der Waals surface area contributed by atoms with E-state index in [-0.39, 0.29) is 35.6 Å². The Labute approximate surface area is 200 Å². The van der Waals surface area contributed by atoms with Crippen molar-refractivity contribution in [2.45, 2.75) is 26.7 Å². The summed E-state index contributed by atoms with van der Waals surface area (Å²) in [5.74, 6) is 0.513. The van der Waals surface area contributed by atoms with Crippen LogP contribution in [-0.2, 0) is 17.1 Å². The Kier molecular flexibility index (Phi) is 11.9. The number of hydrogen-bond acceptors (Lipinski definition) is 3. The monoisotopic (exact) mass is 481 g/mol. The normalized spacial score (nSPS) is 9.63. The Morgan fingerprint density at radius 1 is 0.933 bits per heavy atom. The van der Waals surface area contributed by atoms with Crippen molar-refractivity contribution in [3.05, 3.63) is 95.3 Å². The minimum atomic E-state index is 0. The summed E-state index contributed by atoms with van der Waals surface area (Å²) in [5.41, 5.74) is 4.79. The Balaban J connectivity index is 0.000000569. The van der Waals surface area contributed by atoms with Crippen LogP contribution in [0.3, 0.4) is 0 Å². The molecular weight excluding hydrogens is 457 g/mol. The van der Waals surface area contributed by atoms with E-state index in [2.05, 4.69) is 60.7 Å². The summed E-state index contributed by atoms with van der Waals surface area (Å²) < 4.78 is 0. The summed E-state index contributed by atoms with van der Waals surface area (Å²) in [6.07, 6.45) is 2.81. The largest absolute Gasteiger partial charge is 2.00 e. The van der Waals surface area contributed by atoms with Gasteiger partial charge in [-0.05, 0) is 24.3 Å². The number of aryl methyl sites for hydroxylation is 1. The van der Waals surface area contributed by atoms with Crippen molar-refractivity contribution >= 4 is 45.8 Å². The van der Waals surface area contributed by atoms with Crippen LogP contribution in [0.1, 0.15) is 36.7 Å². The topological polar surface area (TPSA) is 60.8 Å². The quantitative estimate of drug-likeness (QED) is 0.186. The molecule has 0 unspecified atom stereocenters. The van der Waals surface area contributed by atoms with Gasteiger partial charge in [-0.1, -0.05) is 37.1 Å². The van der Waals surface area contributed by atoms with Gasteiger partial charge >= 0.3 is 17.1 Å². The minimum absolute atomic E-state index is 0. The van der Waals surface area contributed by atoms with Crippen molar-refractivity contribution in [2.75, 3.05) is 0 Å². The zero-order chi connectivity index (χ0) is 19.4. The van der Waals surface area contributed by atoms with Gasteiger partial charge < -0.3 is 6.15 Å². The van der Waals surface area contributed by atoms with E-state index in [0.29, 0.717) is 10.9 Å². The van der Waals surface area contributed by atoms with Crippen molar-refractivity contribution in [2.24, 2.45) is 0 Å². The standard InChI is InChI=1S/C15H11N2.C9H10Cl.ClH.Fe.H3N/c1-3-13-9-8-12-7-6-11-5-4-10(2)16-14(11)15(12)17-13;1-7(2)8-4-3-5-9(10)6-8;;;/h4-9H,1H2,2H3;3-5,7H,1-2H3;1H;;1H3/q2*-1;;+2;. The third kappa shape index (κ3) is 6.80. The van der Waals surface area contributed by atoms with Crippen molar-refractivity contribution < 1.29 is 17.1 Å². The zero-order valence-electron chi connectivity index (χ0n) is 17.2. The van der Waals surface area contributed by atoms with Crippen LogP contribution < -0.4 is 6.15 Å². The van der Waals surface area contributed by atoms with Crippen LogP contribution >= 0.6 is 24.0 Å². The first kappa shape index (κ1) is 28.1. The van der Waals surface area contributed by atoms with E-state index >= 15 is 0 Å². The molecule has 0 fully saturated rings. The maximum absolute atomic E-state index is 5.73. The van der Waals surface area contributed by atoms with Gasteiger partial charge in [0.25, 0.3) is 0 Å². The molecule has 0 saturated heterocycles. The molecule has 2 heterocycles. The molecule has 0 atom stereocenters. The van der Waals surface area contributed by atoms with Crippen molar-refractivity contribution in [3.63, 3.8) is 0 Å². The van der Waals surface area contributed by atoms with E-state index in [0.717, 1.165) is 33.2 Å². The van der Waals surface area contributed by atoms with Gasteiger partial charge in [0.15, 0.2) is 0 Å². The number of pyridine rings is 2. The third-order valence-electron chi connectivity index (χ3n) is 4.24. The van der Waals surface area contributed by atoms with Crippen LogP contribution in [0.4, 0.5) is 0 Å². The third-order valence-corrected chi connectivity index (χ3v) is 4.46. The Morgan fingerprint density at radius 3 is 2.03 bits per heavy atom. The SMILES string of the molecule is C=[C-]c1ccc2ccc3ccc(C)nc3c2n1.CC(C)c1[c-]c(Cl)ccc1.Cl.N.[Fe+2]. The molecule has 0 spiro atoms. The molecule has 0 radical (unpaired) electrons. The van der Waals surface area contributed by atoms with Gasteiger partial charge in [0.2, 0.25) is 0 Å². The molecular formula is C24H25Cl2FeN3. The van der Waals surface area contributed by atoms with Crippen molar-refractivity contribution in [1.29, 1.82) is 0 Å². The summed E-state index contributed by atoms with van der Waals surface area (Å²) in [6.45, 7) is 9.87. The van der Waals surface area contributed by atoms with E-state index in [4.69, 9.17) is 11.6 Å². The smallest absolute Gasteiger partial charge is 0.344 e. The number of halogens is 2. The Bertz CT molecular complexity index is 1110. The average Bonchev–Trinajstić information content (AvgIpc) is 2.68. The average molecular weight is 482 g/mol. The van der Waals surface area contributed by atoms with E-state index in [9.17, 15) is 0 Å². The molecule has 0 saturated carbocycles. The molecule has 0 aliphatic rings. The molecule has 0 aliphatic carbocycles. The predicted octanol–water partition coefficient (Wildman–Crippen LogP) is 7.27. The van der Waals surface area contributed by atoms with E-state index in [1.54, 1.807) is 0 Å². The summed E-state index contributed by atoms with van der Waals surface area (Å²) >= 11 is 5.73. The fourth-order valence-electron chi connectivity index (χ4n) is 2.76. The summed E-state index contributed by atoms with van der Waals surface area (Å²) in [7, 11) is 0. The van der Waals surface area contributed by atoms with Gasteiger partial charge in [0.1, 0.15) is 0 Å². The number of aromatic nitrogens is 2. The van der Waals surface area contributed by atoms with Crippen LogP contribution in [0, 0.1) is 19.1 Å². The van der Waals surface area contributed by atoms with Crippen LogP contribution in [0.2, 0.25) is 5.02 Å². The first-order valence-electron chi connectivity index (χ1n) is 8.86. The van der Waals surface area contributed by atoms with Gasteiger partial charge in [-0.3, -0.25) is 9.97 Å². The molecule has 3 nitrogen and oxygen atoms in total. The maximum Gasteiger partial charge on any atom is 2.00 e. The fourth-order valence-corrected chi connectivity index (χ4v) is 2.94. The predicted molar refractivity (Wildman–Crippen MR) is 126 cm³/mol. The molecule has 158 valence electrons. The number of hydrogen-bond donors (Lipinski definition) is 1. The molecule has 6 heteroatoms. The Hall–Kier alpha value is -1.94. The molecule has 0 aliphatic heterocycles. The van der Waals surface area contributed by atoms with E-state index < -0.39 is 0 Å². The fraction of sp³-hybridized carbons (Fsp3) is 0.167. The molecule has 30 heavy (non-hydrogen) atoms. The van der Waals surface area contributed by atoms with Crippen molar-refractivity contribution in [3.8, 4) is 0 Å². The number of fused-ring (bicyclic) bond motifs is 3. The summed E-state index contributed by atoms with van der Waals surface area (Å²) in [6, 6.07) is 21.1. The van der Waals surface area contributed by atoms with Crippen LogP contribution in [-0.4, -0.2) is 9.97 Å². The molecule has 2 aromatic carbocycles. The van der Waals surface area contributed by atoms with Crippen LogP contribution in [0.5, 0.6) is 0 Å². The van der Waals surface area contributed by atoms with E-state index in [1.807, 2.05) is 43.3 Å². The molecule has 4 aromatic rings. The molecule has 0 amide bonds. The Morgan fingerprint density at radius 2 is 1.50 bits per heavy atom. The van der Waals surface area contributed by atoms with Gasteiger partial charge in [-0.2, -0.15) is 42.5 Å². The van der Waals surface area contributed by atoms with Gasteiger partial charge in [0, 0.05) is 11.1 Å². The second kappa shape index (κ2) is 12.7. The molecule has 2 aromatic heterocycles. The number of rotatable bonds is 2. The zero-order valence-corrected chi connectivity index (χ0v) is 19.9. The van der Waals surface area contributed by atoms with E-state index in [1.165, 1.54) is 5.56 Å². The van der Waals surface area contributed by atoms with Crippen molar-refractivity contribution in [1.82, 2.24) is 16.1 Å². The van der Waals surface area contributed by atoms with Gasteiger partial charge in [0.05, 0.1) is 11.0 Å². The molecule has 4 rings (SSSR count). The summed E-state index contributed by atoms with van der Waals surface area (Å²) in [4.78, 5) is 9.10. The first-order valence-corrected chi connectivity index (χ1v) is 9.23. The second-order valence-electron chi connectivity index (χ2n) is 6.64. The van der Waals surface area contributed by atoms with Gasteiger partial charge in [-0.25, -0.2) is 6.08 Å².